The van der Waals surface area contributed by atoms with Gasteiger partial charge in [0, 0.05) is 56.6 Å². The number of rotatable bonds is 2. The first kappa shape index (κ1) is 26.2. The number of methoxy groups -OCH3 is 2. The Morgan fingerprint density at radius 2 is 1.78 bits per heavy atom. The predicted molar refractivity (Wildman–Crippen MR) is 143 cm³/mol. The van der Waals surface area contributed by atoms with Crippen LogP contribution in [0.25, 0.3) is 5.57 Å². The number of nitrogens with zero attached hydrogens (tertiary/aromatic N) is 4. The summed E-state index contributed by atoms with van der Waals surface area (Å²) >= 11 is 0. The van der Waals surface area contributed by atoms with Gasteiger partial charge in [-0.05, 0) is 38.9 Å². The van der Waals surface area contributed by atoms with Crippen LogP contribution in [0.15, 0.2) is 24.7 Å². The number of carbonyl (C=O) groups excluding carboxylic acids is 2. The molecule has 2 bridgehead atoms. The van der Waals surface area contributed by atoms with Gasteiger partial charge >= 0.3 is 0 Å². The van der Waals surface area contributed by atoms with Crippen LogP contribution >= 0.6 is 0 Å². The number of hydrogen-bond donors (Lipinski definition) is 3. The zero-order valence-corrected chi connectivity index (χ0v) is 21.9. The van der Waals surface area contributed by atoms with E-state index < -0.39 is 0 Å². The van der Waals surface area contributed by atoms with Gasteiger partial charge in [0.15, 0.2) is 11.5 Å². The standard InChI is InChI=1S/C26H35N7O4/c1-32-10-6-5-8-21(34)33(2)11-7-9-27-24-22-19(26(35)31-25(22)30-16-29-24)14-28-18-12-17(15-32)23(37-4)20(13-18)36-3/h12-14,16,28H,5-11,15H2,1-4H3,(H2,27,29,30,31,35)/b19-14-. The molecule has 2 aromatic rings. The Labute approximate surface area is 217 Å². The topological polar surface area (TPSA) is 121 Å². The molecule has 11 heteroatoms. The summed E-state index contributed by atoms with van der Waals surface area (Å²) in [7, 11) is 7.10. The summed E-state index contributed by atoms with van der Waals surface area (Å²) in [5.41, 5.74) is 2.73. The van der Waals surface area contributed by atoms with Crippen molar-refractivity contribution in [1.82, 2.24) is 19.8 Å². The molecular formula is C26H35N7O4. The van der Waals surface area contributed by atoms with E-state index in [0.717, 1.165) is 37.1 Å². The molecule has 0 saturated carbocycles. The van der Waals surface area contributed by atoms with E-state index in [-0.39, 0.29) is 11.8 Å². The van der Waals surface area contributed by atoms with Crippen LogP contribution in [0, 0.1) is 0 Å². The van der Waals surface area contributed by atoms with Crippen LogP contribution in [0.2, 0.25) is 0 Å². The van der Waals surface area contributed by atoms with E-state index >= 15 is 0 Å². The highest BCUT2D eigenvalue weighted by atomic mass is 16.5. The Morgan fingerprint density at radius 3 is 2.57 bits per heavy atom. The smallest absolute Gasteiger partial charge is 0.259 e. The number of benzene rings is 1. The Bertz CT molecular complexity index is 1180. The minimum atomic E-state index is -0.265. The van der Waals surface area contributed by atoms with E-state index in [1.165, 1.54) is 6.33 Å². The van der Waals surface area contributed by atoms with Gasteiger partial charge in [-0.1, -0.05) is 0 Å². The average molecular weight is 510 g/mol. The summed E-state index contributed by atoms with van der Waals surface area (Å²) in [6, 6.07) is 3.82. The lowest BCUT2D eigenvalue weighted by atomic mass is 10.1. The van der Waals surface area contributed by atoms with E-state index in [2.05, 4.69) is 30.8 Å². The summed E-state index contributed by atoms with van der Waals surface area (Å²) < 4.78 is 11.3. The number of ether oxygens (including phenoxy) is 2. The molecule has 0 atom stereocenters. The first-order valence-electron chi connectivity index (χ1n) is 12.5. The van der Waals surface area contributed by atoms with Gasteiger partial charge < -0.3 is 35.2 Å². The van der Waals surface area contributed by atoms with Crippen LogP contribution in [0.3, 0.4) is 0 Å². The minimum absolute atomic E-state index is 0.144. The number of amides is 2. The zero-order chi connectivity index (χ0) is 26.4. The molecule has 0 saturated heterocycles. The Balaban J connectivity index is 1.69. The SMILES string of the molecule is COc1cc2cc(c1OC)CN(C)CCCCC(=O)N(C)CCCNc1ncnc3c1/C(=C/N2)C(=O)N3. The van der Waals surface area contributed by atoms with Gasteiger partial charge in [0.05, 0.1) is 25.4 Å². The van der Waals surface area contributed by atoms with Crippen LogP contribution in [-0.4, -0.2) is 79.5 Å². The lowest BCUT2D eigenvalue weighted by Gasteiger charge is -2.21. The molecule has 37 heavy (non-hydrogen) atoms. The normalized spacial score (nSPS) is 19.0. The van der Waals surface area contributed by atoms with Crippen molar-refractivity contribution in [2.75, 3.05) is 63.9 Å². The van der Waals surface area contributed by atoms with Crippen molar-refractivity contribution in [2.24, 2.45) is 0 Å². The maximum atomic E-state index is 12.8. The average Bonchev–Trinajstić information content (AvgIpc) is 3.22. The number of aromatic nitrogens is 2. The highest BCUT2D eigenvalue weighted by molar-refractivity contribution is 6.32. The largest absolute Gasteiger partial charge is 0.493 e. The van der Waals surface area contributed by atoms with Gasteiger partial charge in [0.25, 0.3) is 5.91 Å². The molecule has 3 heterocycles. The third kappa shape index (κ3) is 6.11. The number of carbonyl (C=O) groups is 2. The summed E-state index contributed by atoms with van der Waals surface area (Å²) in [5.74, 6) is 2.15. The second-order valence-corrected chi connectivity index (χ2v) is 9.26. The molecule has 0 unspecified atom stereocenters. The van der Waals surface area contributed by atoms with Crippen molar-refractivity contribution in [3.63, 3.8) is 0 Å². The van der Waals surface area contributed by atoms with Gasteiger partial charge in [-0.15, -0.1) is 0 Å². The lowest BCUT2D eigenvalue weighted by molar-refractivity contribution is -0.130. The number of hydrogen-bond acceptors (Lipinski definition) is 9. The van der Waals surface area contributed by atoms with Crippen molar-refractivity contribution >= 4 is 34.7 Å². The van der Waals surface area contributed by atoms with Crippen molar-refractivity contribution < 1.29 is 19.1 Å². The number of nitrogens with one attached hydrogen (secondary N) is 3. The van der Waals surface area contributed by atoms with Crippen molar-refractivity contribution in [1.29, 1.82) is 0 Å². The van der Waals surface area contributed by atoms with Crippen molar-refractivity contribution in [2.45, 2.75) is 32.2 Å². The first-order chi connectivity index (χ1) is 17.9. The summed E-state index contributed by atoms with van der Waals surface area (Å²) in [6.07, 6.45) is 6.09. The van der Waals surface area contributed by atoms with E-state index in [0.29, 0.717) is 60.3 Å². The quantitative estimate of drug-likeness (QED) is 0.561. The molecular weight excluding hydrogens is 474 g/mol. The van der Waals surface area contributed by atoms with Crippen LogP contribution in [0.1, 0.15) is 36.8 Å². The molecule has 2 aliphatic heterocycles. The summed E-state index contributed by atoms with van der Waals surface area (Å²) in [4.78, 5) is 37.9. The second-order valence-electron chi connectivity index (χ2n) is 9.26. The van der Waals surface area contributed by atoms with E-state index in [1.54, 1.807) is 25.3 Å². The molecule has 2 amide bonds. The van der Waals surface area contributed by atoms with E-state index in [4.69, 9.17) is 9.47 Å². The van der Waals surface area contributed by atoms with Crippen LogP contribution in [0.4, 0.5) is 17.3 Å². The Kier molecular flexibility index (Phi) is 8.44. The molecule has 198 valence electrons. The molecule has 4 rings (SSSR count). The minimum Gasteiger partial charge on any atom is -0.493 e. The molecule has 0 fully saturated rings. The van der Waals surface area contributed by atoms with Crippen LogP contribution < -0.4 is 25.4 Å². The highest BCUT2D eigenvalue weighted by Gasteiger charge is 2.29. The molecule has 11 nitrogen and oxygen atoms in total. The summed E-state index contributed by atoms with van der Waals surface area (Å²) in [5, 5.41) is 9.37. The van der Waals surface area contributed by atoms with Gasteiger partial charge in [0.2, 0.25) is 5.91 Å². The molecule has 1 aromatic heterocycles. The molecule has 2 aliphatic rings. The Hall–Kier alpha value is -3.86. The molecule has 0 spiro atoms. The van der Waals surface area contributed by atoms with Crippen molar-refractivity contribution in [3.8, 4) is 11.5 Å². The second kappa shape index (κ2) is 11.9. The van der Waals surface area contributed by atoms with Gasteiger partial charge in [-0.25, -0.2) is 9.97 Å². The predicted octanol–water partition coefficient (Wildman–Crippen LogP) is 2.77. The third-order valence-corrected chi connectivity index (χ3v) is 6.54. The van der Waals surface area contributed by atoms with E-state index in [1.807, 2.05) is 26.2 Å². The highest BCUT2D eigenvalue weighted by Crippen LogP contribution is 2.37. The lowest BCUT2D eigenvalue weighted by Crippen LogP contribution is -2.29. The number of anilines is 3. The third-order valence-electron chi connectivity index (χ3n) is 6.54. The first-order valence-corrected chi connectivity index (χ1v) is 12.5. The van der Waals surface area contributed by atoms with Crippen molar-refractivity contribution in [3.05, 3.63) is 35.8 Å². The maximum Gasteiger partial charge on any atom is 0.259 e. The van der Waals surface area contributed by atoms with Gasteiger partial charge in [-0.2, -0.15) is 0 Å². The van der Waals surface area contributed by atoms with Crippen LogP contribution in [0.5, 0.6) is 11.5 Å². The fourth-order valence-corrected chi connectivity index (χ4v) is 4.56. The zero-order valence-electron chi connectivity index (χ0n) is 21.9. The van der Waals surface area contributed by atoms with Crippen LogP contribution in [-0.2, 0) is 16.1 Å². The van der Waals surface area contributed by atoms with Gasteiger partial charge in [-0.3, -0.25) is 9.59 Å². The monoisotopic (exact) mass is 509 g/mol. The molecule has 1 aromatic carbocycles. The van der Waals surface area contributed by atoms with Gasteiger partial charge in [0.1, 0.15) is 18.0 Å². The molecule has 3 N–H and O–H groups in total. The fourth-order valence-electron chi connectivity index (χ4n) is 4.56. The molecule has 0 radical (unpaired) electrons. The Morgan fingerprint density at radius 1 is 0.973 bits per heavy atom. The van der Waals surface area contributed by atoms with E-state index in [9.17, 15) is 9.59 Å². The number of fused-ring (bicyclic) bond motifs is 2. The fraction of sp³-hybridized carbons (Fsp3) is 0.462. The molecule has 0 aliphatic carbocycles. The summed E-state index contributed by atoms with van der Waals surface area (Å²) in [6.45, 7) is 2.70. The maximum absolute atomic E-state index is 12.8.